The smallest absolute Gasteiger partial charge is 0.192 e. The molecular formula is C24H42O5Si. The summed E-state index contributed by atoms with van der Waals surface area (Å²) in [7, 11) is -2.13. The molecule has 0 radical (unpaired) electrons. The van der Waals surface area contributed by atoms with Crippen LogP contribution >= 0.6 is 0 Å². The summed E-state index contributed by atoms with van der Waals surface area (Å²) in [6.07, 6.45) is 2.69. The summed E-state index contributed by atoms with van der Waals surface area (Å²) in [4.78, 5) is 0. The van der Waals surface area contributed by atoms with Crippen LogP contribution in [-0.2, 0) is 18.6 Å². The summed E-state index contributed by atoms with van der Waals surface area (Å²) in [5.74, 6) is -0.600. The van der Waals surface area contributed by atoms with E-state index in [-0.39, 0.29) is 35.2 Å². The molecule has 3 fully saturated rings. The van der Waals surface area contributed by atoms with Gasteiger partial charge in [-0.3, -0.25) is 0 Å². The Balaban J connectivity index is 1.94. The van der Waals surface area contributed by atoms with E-state index < -0.39 is 36.8 Å². The van der Waals surface area contributed by atoms with Crippen LogP contribution in [0.2, 0.25) is 18.1 Å². The van der Waals surface area contributed by atoms with Gasteiger partial charge in [0.25, 0.3) is 0 Å². The second-order valence-electron chi connectivity index (χ2n) is 12.7. The van der Waals surface area contributed by atoms with Gasteiger partial charge in [-0.05, 0) is 45.8 Å². The SMILES string of the molecule is C[C@H]1C=C[C@@H](O)[C@]2(C)[C@H]3OC(C)(C)O[C@H]3[C@H]3[C@H](O[Si](C)(C)C(C)(C)C)[C@@]12OC3(C)C. The third-order valence-corrected chi connectivity index (χ3v) is 13.5. The molecule has 1 spiro atoms. The summed E-state index contributed by atoms with van der Waals surface area (Å²) < 4.78 is 27.3. The fourth-order valence-corrected chi connectivity index (χ4v) is 7.74. The molecule has 2 heterocycles. The average Bonchev–Trinajstić information content (AvgIpc) is 2.97. The molecule has 6 heteroatoms. The molecule has 2 aliphatic carbocycles. The third-order valence-electron chi connectivity index (χ3n) is 9.00. The maximum absolute atomic E-state index is 11.4. The highest BCUT2D eigenvalue weighted by atomic mass is 28.4. The molecule has 172 valence electrons. The lowest BCUT2D eigenvalue weighted by Crippen LogP contribution is -2.75. The molecule has 5 nitrogen and oxygen atoms in total. The zero-order valence-electron chi connectivity index (χ0n) is 20.7. The Bertz CT molecular complexity index is 753. The zero-order valence-corrected chi connectivity index (χ0v) is 21.7. The highest BCUT2D eigenvalue weighted by molar-refractivity contribution is 6.74. The van der Waals surface area contributed by atoms with Gasteiger partial charge in [0.2, 0.25) is 0 Å². The predicted octanol–water partition coefficient (Wildman–Crippen LogP) is 4.65. The van der Waals surface area contributed by atoms with Gasteiger partial charge in [0, 0.05) is 11.8 Å². The Hall–Kier alpha value is -0.243. The number of rotatable bonds is 2. The largest absolute Gasteiger partial charge is 0.410 e. The summed E-state index contributed by atoms with van der Waals surface area (Å²) in [6.45, 7) is 24.0. The molecule has 2 bridgehead atoms. The number of fused-ring (bicyclic) bond motifs is 4. The standard InChI is InChI=1S/C24H42O5Si/c1-14-12-13-15(25)23(9)19-17(26-22(7,8)27-19)16-18(24(14,23)29-21(16,5)6)28-30(10,11)20(2,3)4/h12-19,25H,1-11H3/t14-,15+,16-,17-,18-,19-,23+,24-/m0/s1. The Morgan fingerprint density at radius 1 is 1.00 bits per heavy atom. The van der Waals surface area contributed by atoms with E-state index in [1.54, 1.807) is 0 Å². The minimum Gasteiger partial charge on any atom is -0.410 e. The molecule has 0 aromatic carbocycles. The molecule has 8 atom stereocenters. The van der Waals surface area contributed by atoms with Gasteiger partial charge in [0.05, 0.1) is 35.4 Å². The molecule has 2 saturated heterocycles. The molecule has 2 aliphatic heterocycles. The van der Waals surface area contributed by atoms with Crippen LogP contribution in [0.25, 0.3) is 0 Å². The Morgan fingerprint density at radius 3 is 2.17 bits per heavy atom. The van der Waals surface area contributed by atoms with Crippen LogP contribution in [0.15, 0.2) is 12.2 Å². The van der Waals surface area contributed by atoms with E-state index in [2.05, 4.69) is 67.6 Å². The number of hydrogen-bond acceptors (Lipinski definition) is 5. The summed E-state index contributed by atoms with van der Waals surface area (Å²) in [5, 5.41) is 11.5. The number of hydrogen-bond donors (Lipinski definition) is 1. The van der Waals surface area contributed by atoms with Crippen molar-refractivity contribution in [2.24, 2.45) is 17.3 Å². The van der Waals surface area contributed by atoms with Gasteiger partial charge < -0.3 is 23.7 Å². The molecule has 0 aromatic rings. The molecule has 0 unspecified atom stereocenters. The van der Waals surface area contributed by atoms with Crippen LogP contribution in [0.5, 0.6) is 0 Å². The highest BCUT2D eigenvalue weighted by Gasteiger charge is 2.81. The van der Waals surface area contributed by atoms with Crippen molar-refractivity contribution < 1.29 is 23.7 Å². The van der Waals surface area contributed by atoms with Crippen molar-refractivity contribution in [3.05, 3.63) is 12.2 Å². The van der Waals surface area contributed by atoms with Crippen LogP contribution in [-0.4, -0.2) is 54.8 Å². The van der Waals surface area contributed by atoms with Crippen LogP contribution in [0.1, 0.15) is 62.3 Å². The number of ether oxygens (including phenoxy) is 3. The van der Waals surface area contributed by atoms with E-state index in [1.165, 1.54) is 0 Å². The van der Waals surface area contributed by atoms with Gasteiger partial charge in [-0.15, -0.1) is 0 Å². The van der Waals surface area contributed by atoms with Gasteiger partial charge in [0.1, 0.15) is 5.60 Å². The topological polar surface area (TPSA) is 57.2 Å². The van der Waals surface area contributed by atoms with E-state index >= 15 is 0 Å². The van der Waals surface area contributed by atoms with Crippen molar-refractivity contribution in [2.45, 2.75) is 122 Å². The quantitative estimate of drug-likeness (QED) is 0.502. The Labute approximate surface area is 183 Å². The lowest BCUT2D eigenvalue weighted by atomic mass is 9.50. The van der Waals surface area contributed by atoms with Crippen molar-refractivity contribution in [1.82, 2.24) is 0 Å². The normalized spacial score (nSPS) is 49.1. The van der Waals surface area contributed by atoms with E-state index in [0.29, 0.717) is 0 Å². The van der Waals surface area contributed by atoms with E-state index in [4.69, 9.17) is 18.6 Å². The number of aliphatic hydroxyl groups is 1. The predicted molar refractivity (Wildman–Crippen MR) is 120 cm³/mol. The van der Waals surface area contributed by atoms with Crippen molar-refractivity contribution in [3.63, 3.8) is 0 Å². The first-order chi connectivity index (χ1) is 13.4. The fourth-order valence-electron chi connectivity index (χ4n) is 6.43. The third kappa shape index (κ3) is 2.70. The van der Waals surface area contributed by atoms with Gasteiger partial charge in [-0.25, -0.2) is 0 Å². The van der Waals surface area contributed by atoms with Gasteiger partial charge in [0.15, 0.2) is 14.1 Å². The maximum atomic E-state index is 11.4. The zero-order chi connectivity index (χ0) is 22.7. The molecule has 1 N–H and O–H groups in total. The van der Waals surface area contributed by atoms with Crippen LogP contribution in [0.4, 0.5) is 0 Å². The van der Waals surface area contributed by atoms with Crippen molar-refractivity contribution >= 4 is 8.32 Å². The monoisotopic (exact) mass is 438 g/mol. The summed E-state index contributed by atoms with van der Waals surface area (Å²) >= 11 is 0. The van der Waals surface area contributed by atoms with Gasteiger partial charge in [-0.1, -0.05) is 46.8 Å². The second-order valence-corrected chi connectivity index (χ2v) is 17.5. The average molecular weight is 439 g/mol. The fraction of sp³-hybridized carbons (Fsp3) is 0.917. The van der Waals surface area contributed by atoms with Gasteiger partial charge >= 0.3 is 0 Å². The highest BCUT2D eigenvalue weighted by Crippen LogP contribution is 2.68. The van der Waals surface area contributed by atoms with Crippen molar-refractivity contribution in [3.8, 4) is 0 Å². The lowest BCUT2D eigenvalue weighted by Gasteiger charge is -2.61. The molecule has 0 amide bonds. The number of aliphatic hydroxyl groups excluding tert-OH is 1. The van der Waals surface area contributed by atoms with Crippen molar-refractivity contribution in [1.29, 1.82) is 0 Å². The summed E-state index contributed by atoms with van der Waals surface area (Å²) in [6, 6.07) is 0. The molecule has 4 aliphatic rings. The van der Waals surface area contributed by atoms with Gasteiger partial charge in [-0.2, -0.15) is 0 Å². The maximum Gasteiger partial charge on any atom is 0.192 e. The van der Waals surface area contributed by atoms with Crippen LogP contribution in [0.3, 0.4) is 0 Å². The lowest BCUT2D eigenvalue weighted by molar-refractivity contribution is -0.262. The van der Waals surface area contributed by atoms with E-state index in [9.17, 15) is 5.11 Å². The molecule has 30 heavy (non-hydrogen) atoms. The first-order valence-electron chi connectivity index (χ1n) is 11.5. The minimum absolute atomic E-state index is 0.0209. The van der Waals surface area contributed by atoms with Crippen LogP contribution < -0.4 is 0 Å². The molecule has 4 rings (SSSR count). The Morgan fingerprint density at radius 2 is 1.60 bits per heavy atom. The van der Waals surface area contributed by atoms with Crippen LogP contribution in [0, 0.1) is 17.3 Å². The molecule has 0 aromatic heterocycles. The van der Waals surface area contributed by atoms with E-state index in [1.807, 2.05) is 19.9 Å². The van der Waals surface area contributed by atoms with Crippen molar-refractivity contribution in [2.75, 3.05) is 0 Å². The Kier molecular flexibility index (Phi) is 4.74. The minimum atomic E-state index is -2.13. The molecule has 1 saturated carbocycles. The first-order valence-corrected chi connectivity index (χ1v) is 14.4. The molecular weight excluding hydrogens is 396 g/mol. The first kappa shape index (κ1) is 22.9. The second kappa shape index (κ2) is 6.20. The summed E-state index contributed by atoms with van der Waals surface area (Å²) in [5.41, 5.74) is -1.83. The van der Waals surface area contributed by atoms with E-state index in [0.717, 1.165) is 0 Å².